The van der Waals surface area contributed by atoms with Crippen LogP contribution in [-0.2, 0) is 6.54 Å². The lowest BCUT2D eigenvalue weighted by atomic mass is 9.92. The van der Waals surface area contributed by atoms with Crippen LogP contribution in [0.2, 0.25) is 0 Å². The van der Waals surface area contributed by atoms with Crippen molar-refractivity contribution in [2.24, 2.45) is 0 Å². The molecular weight excluding hydrogens is 158 g/mol. The molecule has 0 aromatic heterocycles. The Morgan fingerprint density at radius 3 is 3.23 bits per heavy atom. The average Bonchev–Trinajstić information content (AvgIpc) is 2.47. The predicted octanol–water partition coefficient (Wildman–Crippen LogP) is 2.38. The second kappa shape index (κ2) is 2.58. The minimum absolute atomic E-state index is 0.778. The van der Waals surface area contributed by atoms with Crippen LogP contribution in [0, 0.1) is 0 Å². The summed E-state index contributed by atoms with van der Waals surface area (Å²) in [6.07, 6.45) is 1.35. The molecule has 1 heterocycles. The summed E-state index contributed by atoms with van der Waals surface area (Å²) in [6, 6.07) is 6.80. The zero-order chi connectivity index (χ0) is 8.84. The van der Waals surface area contributed by atoms with E-state index in [2.05, 4.69) is 30.4 Å². The van der Waals surface area contributed by atoms with E-state index in [1.807, 2.05) is 0 Å². The van der Waals surface area contributed by atoms with Crippen molar-refractivity contribution in [2.75, 3.05) is 6.54 Å². The Morgan fingerprint density at radius 1 is 1.38 bits per heavy atom. The van der Waals surface area contributed by atoms with Crippen molar-refractivity contribution in [3.8, 4) is 0 Å². The lowest BCUT2D eigenvalue weighted by Gasteiger charge is -2.22. The van der Waals surface area contributed by atoms with Gasteiger partial charge in [-0.2, -0.15) is 0 Å². The summed E-state index contributed by atoms with van der Waals surface area (Å²) in [5.74, 6) is 1.58. The predicted molar refractivity (Wildman–Crippen MR) is 53.9 cm³/mol. The molecule has 13 heavy (non-hydrogen) atoms. The van der Waals surface area contributed by atoms with E-state index in [4.69, 9.17) is 0 Å². The van der Waals surface area contributed by atoms with Crippen LogP contribution in [0.5, 0.6) is 0 Å². The Labute approximate surface area is 79.2 Å². The highest BCUT2D eigenvalue weighted by Gasteiger charge is 2.31. The lowest BCUT2D eigenvalue weighted by Crippen LogP contribution is -2.26. The molecule has 1 heteroatoms. The normalized spacial score (nSPS) is 30.2. The molecule has 1 aromatic rings. The van der Waals surface area contributed by atoms with E-state index in [1.165, 1.54) is 18.5 Å². The number of hydrogen-bond donors (Lipinski definition) is 1. The van der Waals surface area contributed by atoms with Gasteiger partial charge in [0.15, 0.2) is 0 Å². The standard InChI is InChI=1S/C12H15N/c1-8-5-10-7-13-6-9-3-2-4-11(8)12(9)10/h2-4,8,10,13H,5-7H2,1H3. The molecule has 1 aliphatic carbocycles. The first kappa shape index (κ1) is 7.57. The van der Waals surface area contributed by atoms with Gasteiger partial charge in [-0.05, 0) is 34.9 Å². The van der Waals surface area contributed by atoms with E-state index < -0.39 is 0 Å². The summed E-state index contributed by atoms with van der Waals surface area (Å²) in [5, 5.41) is 3.50. The number of hydrogen-bond acceptors (Lipinski definition) is 1. The van der Waals surface area contributed by atoms with Crippen LogP contribution < -0.4 is 5.32 Å². The largest absolute Gasteiger partial charge is 0.312 e. The molecule has 2 aliphatic rings. The third-order valence-electron chi connectivity index (χ3n) is 3.51. The Hall–Kier alpha value is -0.820. The first-order valence-corrected chi connectivity index (χ1v) is 5.18. The zero-order valence-electron chi connectivity index (χ0n) is 8.01. The highest BCUT2D eigenvalue weighted by molar-refractivity contribution is 5.45. The summed E-state index contributed by atoms with van der Waals surface area (Å²) in [5.41, 5.74) is 4.83. The summed E-state index contributed by atoms with van der Waals surface area (Å²) in [4.78, 5) is 0. The van der Waals surface area contributed by atoms with Crippen LogP contribution in [0.4, 0.5) is 0 Å². The van der Waals surface area contributed by atoms with Crippen molar-refractivity contribution >= 4 is 0 Å². The average molecular weight is 173 g/mol. The molecule has 2 unspecified atom stereocenters. The molecule has 2 atom stereocenters. The highest BCUT2D eigenvalue weighted by Crippen LogP contribution is 2.44. The van der Waals surface area contributed by atoms with E-state index in [1.54, 1.807) is 11.1 Å². The molecule has 1 aliphatic heterocycles. The van der Waals surface area contributed by atoms with Gasteiger partial charge in [-0.3, -0.25) is 0 Å². The van der Waals surface area contributed by atoms with Gasteiger partial charge < -0.3 is 5.32 Å². The molecule has 0 spiro atoms. The second-order valence-electron chi connectivity index (χ2n) is 4.38. The van der Waals surface area contributed by atoms with Gasteiger partial charge in [-0.25, -0.2) is 0 Å². The lowest BCUT2D eigenvalue weighted by molar-refractivity contribution is 0.525. The molecule has 1 nitrogen and oxygen atoms in total. The third kappa shape index (κ3) is 0.969. The highest BCUT2D eigenvalue weighted by atomic mass is 14.9. The Morgan fingerprint density at radius 2 is 2.31 bits per heavy atom. The van der Waals surface area contributed by atoms with E-state index in [-0.39, 0.29) is 0 Å². The Bertz CT molecular complexity index is 343. The van der Waals surface area contributed by atoms with Crippen LogP contribution in [-0.4, -0.2) is 6.54 Å². The summed E-state index contributed by atoms with van der Waals surface area (Å²) in [7, 11) is 0. The number of benzene rings is 1. The van der Waals surface area contributed by atoms with Crippen LogP contribution in [0.15, 0.2) is 18.2 Å². The summed E-state index contributed by atoms with van der Waals surface area (Å²) < 4.78 is 0. The molecular formula is C12H15N. The molecule has 0 bridgehead atoms. The molecule has 1 N–H and O–H groups in total. The smallest absolute Gasteiger partial charge is 0.0208 e. The molecule has 0 radical (unpaired) electrons. The monoisotopic (exact) mass is 173 g/mol. The Kier molecular flexibility index (Phi) is 1.50. The fourth-order valence-electron chi connectivity index (χ4n) is 2.95. The molecule has 1 aromatic carbocycles. The molecule has 0 saturated heterocycles. The molecule has 0 amide bonds. The van der Waals surface area contributed by atoms with Crippen LogP contribution >= 0.6 is 0 Å². The SMILES string of the molecule is CC1CC2CNCc3cccc1c32. The summed E-state index contributed by atoms with van der Waals surface area (Å²) >= 11 is 0. The van der Waals surface area contributed by atoms with Crippen molar-refractivity contribution in [3.63, 3.8) is 0 Å². The molecule has 68 valence electrons. The minimum Gasteiger partial charge on any atom is -0.312 e. The second-order valence-corrected chi connectivity index (χ2v) is 4.38. The summed E-state index contributed by atoms with van der Waals surface area (Å²) in [6.45, 7) is 4.62. The van der Waals surface area contributed by atoms with Gasteiger partial charge in [0.2, 0.25) is 0 Å². The van der Waals surface area contributed by atoms with Gasteiger partial charge in [0.1, 0.15) is 0 Å². The van der Waals surface area contributed by atoms with Crippen LogP contribution in [0.25, 0.3) is 0 Å². The van der Waals surface area contributed by atoms with Crippen molar-refractivity contribution in [1.29, 1.82) is 0 Å². The van der Waals surface area contributed by atoms with E-state index in [9.17, 15) is 0 Å². The quantitative estimate of drug-likeness (QED) is 0.635. The van der Waals surface area contributed by atoms with Crippen molar-refractivity contribution in [3.05, 3.63) is 34.9 Å². The van der Waals surface area contributed by atoms with Gasteiger partial charge in [0, 0.05) is 13.1 Å². The fourth-order valence-corrected chi connectivity index (χ4v) is 2.95. The van der Waals surface area contributed by atoms with E-state index in [0.717, 1.165) is 18.4 Å². The minimum atomic E-state index is 0.778. The van der Waals surface area contributed by atoms with Crippen molar-refractivity contribution in [2.45, 2.75) is 31.7 Å². The topological polar surface area (TPSA) is 12.0 Å². The number of nitrogens with one attached hydrogen (secondary N) is 1. The van der Waals surface area contributed by atoms with Crippen molar-refractivity contribution < 1.29 is 0 Å². The Balaban J connectivity index is 2.22. The first-order chi connectivity index (χ1) is 6.36. The van der Waals surface area contributed by atoms with Gasteiger partial charge in [-0.1, -0.05) is 25.1 Å². The van der Waals surface area contributed by atoms with Crippen LogP contribution in [0.1, 0.15) is 41.9 Å². The number of rotatable bonds is 0. The van der Waals surface area contributed by atoms with Gasteiger partial charge in [-0.15, -0.1) is 0 Å². The zero-order valence-corrected chi connectivity index (χ0v) is 8.01. The van der Waals surface area contributed by atoms with E-state index >= 15 is 0 Å². The van der Waals surface area contributed by atoms with E-state index in [0.29, 0.717) is 0 Å². The van der Waals surface area contributed by atoms with Crippen molar-refractivity contribution in [1.82, 2.24) is 5.32 Å². The van der Waals surface area contributed by atoms with Gasteiger partial charge in [0.25, 0.3) is 0 Å². The first-order valence-electron chi connectivity index (χ1n) is 5.18. The maximum Gasteiger partial charge on any atom is 0.0208 e. The molecule has 0 saturated carbocycles. The van der Waals surface area contributed by atoms with Gasteiger partial charge >= 0.3 is 0 Å². The maximum atomic E-state index is 3.50. The molecule has 0 fully saturated rings. The fraction of sp³-hybridized carbons (Fsp3) is 0.500. The van der Waals surface area contributed by atoms with Crippen LogP contribution in [0.3, 0.4) is 0 Å². The maximum absolute atomic E-state index is 3.50. The third-order valence-corrected chi connectivity index (χ3v) is 3.51. The molecule has 3 rings (SSSR count). The van der Waals surface area contributed by atoms with Gasteiger partial charge in [0.05, 0.1) is 0 Å².